The molecule has 0 saturated heterocycles. The lowest BCUT2D eigenvalue weighted by Gasteiger charge is -1.98. The lowest BCUT2D eigenvalue weighted by Crippen LogP contribution is -2.02. The summed E-state index contributed by atoms with van der Waals surface area (Å²) in [7, 11) is 0. The molecule has 0 heterocycles. The van der Waals surface area contributed by atoms with Crippen LogP contribution >= 0.6 is 11.6 Å². The van der Waals surface area contributed by atoms with Crippen LogP contribution in [0.5, 0.6) is 0 Å². The molecule has 0 unspecified atom stereocenters. The van der Waals surface area contributed by atoms with Crippen molar-refractivity contribution >= 4 is 11.6 Å². The highest BCUT2D eigenvalue weighted by Crippen LogP contribution is 1.79. The molecule has 1 radical (unpaired) electrons. The van der Waals surface area contributed by atoms with Gasteiger partial charge in [-0.3, -0.25) is 0 Å². The molecule has 0 aromatic carbocycles. The highest BCUT2D eigenvalue weighted by Gasteiger charge is 1.82. The van der Waals surface area contributed by atoms with Crippen LogP contribution in [0.25, 0.3) is 0 Å². The second kappa shape index (κ2) is 7.21. The molecule has 0 aromatic rings. The fraction of sp³-hybridized carbons (Fsp3) is 0.800. The largest absolute Gasteiger partial charge is 0.379 e. The standard InChI is InChI=1S/C5H10ClO2/c1-2-7-3-4-8-5-6/h1-5H2. The van der Waals surface area contributed by atoms with Crippen LogP contribution in [0, 0.1) is 6.92 Å². The molecule has 0 N–H and O–H groups in total. The first kappa shape index (κ1) is 8.21. The van der Waals surface area contributed by atoms with Crippen molar-refractivity contribution in [1.29, 1.82) is 0 Å². The zero-order valence-corrected chi connectivity index (χ0v) is 5.49. The first-order valence-electron chi connectivity index (χ1n) is 2.42. The normalized spacial score (nSPS) is 9.75. The number of rotatable bonds is 5. The van der Waals surface area contributed by atoms with Crippen LogP contribution in [0.4, 0.5) is 0 Å². The molecule has 49 valence electrons. The molecule has 0 aromatic heterocycles. The Balaban J connectivity index is 2.53. The van der Waals surface area contributed by atoms with Crippen molar-refractivity contribution in [2.75, 3.05) is 25.9 Å². The average molecular weight is 138 g/mol. The average Bonchev–Trinajstić information content (AvgIpc) is 1.81. The van der Waals surface area contributed by atoms with E-state index in [4.69, 9.17) is 21.1 Å². The van der Waals surface area contributed by atoms with E-state index in [0.717, 1.165) is 0 Å². The molecular formula is C5H10ClO2. The molecule has 0 spiro atoms. The van der Waals surface area contributed by atoms with Gasteiger partial charge >= 0.3 is 0 Å². The van der Waals surface area contributed by atoms with E-state index in [0.29, 0.717) is 19.8 Å². The third kappa shape index (κ3) is 6.21. The summed E-state index contributed by atoms with van der Waals surface area (Å²) in [5, 5.41) is 0. The molecule has 8 heavy (non-hydrogen) atoms. The Hall–Kier alpha value is 0.210. The number of hydrogen-bond acceptors (Lipinski definition) is 2. The van der Waals surface area contributed by atoms with Gasteiger partial charge in [0, 0.05) is 6.61 Å². The van der Waals surface area contributed by atoms with Crippen molar-refractivity contribution in [3.8, 4) is 0 Å². The van der Waals surface area contributed by atoms with E-state index in [1.165, 1.54) is 0 Å². The maximum atomic E-state index is 5.19. The number of halogens is 1. The van der Waals surface area contributed by atoms with Crippen LogP contribution in [-0.2, 0) is 9.47 Å². The summed E-state index contributed by atoms with van der Waals surface area (Å²) in [6.07, 6.45) is 0. The van der Waals surface area contributed by atoms with Gasteiger partial charge in [0.1, 0.15) is 6.07 Å². The number of hydrogen-bond donors (Lipinski definition) is 0. The van der Waals surface area contributed by atoms with Crippen molar-refractivity contribution in [2.24, 2.45) is 0 Å². The predicted molar refractivity (Wildman–Crippen MR) is 32.8 cm³/mol. The summed E-state index contributed by atoms with van der Waals surface area (Å²) in [5.74, 6) is 0. The topological polar surface area (TPSA) is 18.5 Å². The van der Waals surface area contributed by atoms with Gasteiger partial charge in [-0.2, -0.15) is 0 Å². The summed E-state index contributed by atoms with van der Waals surface area (Å²) in [5.41, 5.74) is 0. The maximum Gasteiger partial charge on any atom is 0.120 e. The molecule has 0 atom stereocenters. The zero-order chi connectivity index (χ0) is 6.24. The Morgan fingerprint density at radius 2 is 1.88 bits per heavy atom. The van der Waals surface area contributed by atoms with Crippen LogP contribution in [-0.4, -0.2) is 25.9 Å². The molecule has 0 fully saturated rings. The van der Waals surface area contributed by atoms with Gasteiger partial charge in [-0.1, -0.05) is 11.6 Å². The maximum absolute atomic E-state index is 5.19. The van der Waals surface area contributed by atoms with E-state index in [1.807, 2.05) is 0 Å². The smallest absolute Gasteiger partial charge is 0.120 e. The molecule has 0 bridgehead atoms. The third-order valence-corrected chi connectivity index (χ3v) is 0.748. The Kier molecular flexibility index (Phi) is 7.40. The number of alkyl halides is 1. The molecule has 0 amide bonds. The minimum atomic E-state index is 0.237. The molecule has 0 rings (SSSR count). The van der Waals surface area contributed by atoms with E-state index in [9.17, 15) is 0 Å². The summed E-state index contributed by atoms with van der Waals surface area (Å²) in [4.78, 5) is 0. The summed E-state index contributed by atoms with van der Waals surface area (Å²) >= 11 is 5.19. The quantitative estimate of drug-likeness (QED) is 0.417. The minimum Gasteiger partial charge on any atom is -0.379 e. The lowest BCUT2D eigenvalue weighted by atomic mass is 10.7. The number of ether oxygens (including phenoxy) is 2. The highest BCUT2D eigenvalue weighted by atomic mass is 35.5. The zero-order valence-electron chi connectivity index (χ0n) is 4.73. The Labute approximate surface area is 54.7 Å². The van der Waals surface area contributed by atoms with Crippen molar-refractivity contribution in [2.45, 2.75) is 0 Å². The van der Waals surface area contributed by atoms with Gasteiger partial charge in [0.15, 0.2) is 0 Å². The van der Waals surface area contributed by atoms with Crippen LogP contribution in [0.1, 0.15) is 0 Å². The van der Waals surface area contributed by atoms with Crippen molar-refractivity contribution in [3.63, 3.8) is 0 Å². The first-order valence-corrected chi connectivity index (χ1v) is 2.96. The van der Waals surface area contributed by atoms with E-state index in [2.05, 4.69) is 6.92 Å². The SMILES string of the molecule is [CH2]COCCOCCl. The molecule has 3 heteroatoms. The molecule has 0 aliphatic carbocycles. The Morgan fingerprint density at radius 3 is 2.38 bits per heavy atom. The van der Waals surface area contributed by atoms with Gasteiger partial charge in [-0.05, 0) is 6.92 Å². The van der Waals surface area contributed by atoms with E-state index in [-0.39, 0.29) is 6.07 Å². The second-order valence-corrected chi connectivity index (χ2v) is 1.35. The van der Waals surface area contributed by atoms with Crippen molar-refractivity contribution in [1.82, 2.24) is 0 Å². The van der Waals surface area contributed by atoms with Crippen LogP contribution < -0.4 is 0 Å². The molecular weight excluding hydrogens is 128 g/mol. The van der Waals surface area contributed by atoms with Crippen LogP contribution in [0.2, 0.25) is 0 Å². The molecule has 0 aliphatic rings. The van der Waals surface area contributed by atoms with E-state index in [1.54, 1.807) is 0 Å². The van der Waals surface area contributed by atoms with Gasteiger partial charge in [-0.25, -0.2) is 0 Å². The Bertz CT molecular complexity index is 35.4. The molecule has 0 saturated carbocycles. The van der Waals surface area contributed by atoms with Crippen LogP contribution in [0.15, 0.2) is 0 Å². The monoisotopic (exact) mass is 137 g/mol. The predicted octanol–water partition coefficient (Wildman–Crippen LogP) is 1.05. The minimum absolute atomic E-state index is 0.237. The van der Waals surface area contributed by atoms with E-state index < -0.39 is 0 Å². The van der Waals surface area contributed by atoms with Gasteiger partial charge in [-0.15, -0.1) is 0 Å². The third-order valence-electron chi connectivity index (χ3n) is 0.593. The Morgan fingerprint density at radius 1 is 1.25 bits per heavy atom. The summed E-state index contributed by atoms with van der Waals surface area (Å²) in [6.45, 7) is 5.10. The van der Waals surface area contributed by atoms with Gasteiger partial charge in [0.25, 0.3) is 0 Å². The van der Waals surface area contributed by atoms with Crippen molar-refractivity contribution in [3.05, 3.63) is 6.92 Å². The summed E-state index contributed by atoms with van der Waals surface area (Å²) in [6, 6.07) is 0.237. The molecule has 0 aliphatic heterocycles. The van der Waals surface area contributed by atoms with Crippen LogP contribution in [0.3, 0.4) is 0 Å². The van der Waals surface area contributed by atoms with Gasteiger partial charge < -0.3 is 9.47 Å². The van der Waals surface area contributed by atoms with E-state index >= 15 is 0 Å². The fourth-order valence-electron chi connectivity index (χ4n) is 0.274. The van der Waals surface area contributed by atoms with Crippen molar-refractivity contribution < 1.29 is 9.47 Å². The second-order valence-electron chi connectivity index (χ2n) is 1.13. The fourth-order valence-corrected chi connectivity index (χ4v) is 0.384. The molecule has 2 nitrogen and oxygen atoms in total. The first-order chi connectivity index (χ1) is 3.91. The van der Waals surface area contributed by atoms with Gasteiger partial charge in [0.05, 0.1) is 13.2 Å². The summed E-state index contributed by atoms with van der Waals surface area (Å²) < 4.78 is 9.59. The van der Waals surface area contributed by atoms with Gasteiger partial charge in [0.2, 0.25) is 0 Å². The highest BCUT2D eigenvalue weighted by molar-refractivity contribution is 6.17. The lowest BCUT2D eigenvalue weighted by molar-refractivity contribution is 0.0771.